The van der Waals surface area contributed by atoms with Crippen molar-refractivity contribution in [1.29, 1.82) is 5.26 Å². The van der Waals surface area contributed by atoms with Gasteiger partial charge >= 0.3 is 0 Å². The highest BCUT2D eigenvalue weighted by Crippen LogP contribution is 2.26. The van der Waals surface area contributed by atoms with Crippen LogP contribution in [0.3, 0.4) is 0 Å². The predicted octanol–water partition coefficient (Wildman–Crippen LogP) is 4.17. The monoisotopic (exact) mass is 331 g/mol. The Morgan fingerprint density at radius 2 is 2.00 bits per heavy atom. The summed E-state index contributed by atoms with van der Waals surface area (Å²) in [5.41, 5.74) is 1.99. The Morgan fingerprint density at radius 1 is 1.24 bits per heavy atom. The van der Waals surface area contributed by atoms with Gasteiger partial charge < -0.3 is 4.98 Å². The lowest BCUT2D eigenvalue weighted by molar-refractivity contribution is -0.385. The number of nitro benzene ring substituents is 1. The number of H-pyrrole nitrogens is 1. The lowest BCUT2D eigenvalue weighted by Crippen LogP contribution is -2.02. The lowest BCUT2D eigenvalue weighted by atomic mass is 9.99. The summed E-state index contributed by atoms with van der Waals surface area (Å²) in [6.45, 7) is 1.88. The van der Waals surface area contributed by atoms with Crippen LogP contribution in [0.5, 0.6) is 0 Å². The zero-order valence-electron chi connectivity index (χ0n) is 13.3. The van der Waals surface area contributed by atoms with Crippen molar-refractivity contribution in [2.75, 3.05) is 0 Å². The molecule has 0 saturated carbocycles. The van der Waals surface area contributed by atoms with Crippen molar-refractivity contribution in [3.63, 3.8) is 0 Å². The Kier molecular flexibility index (Phi) is 4.14. The first kappa shape index (κ1) is 16.1. The number of para-hydroxylation sites is 1. The third kappa shape index (κ3) is 2.91. The van der Waals surface area contributed by atoms with E-state index >= 15 is 0 Å². The van der Waals surface area contributed by atoms with Crippen LogP contribution in [0.25, 0.3) is 17.0 Å². The number of benzene rings is 2. The molecule has 3 aromatic rings. The molecule has 1 aromatic heterocycles. The number of nitrogens with one attached hydrogen (secondary N) is 1. The van der Waals surface area contributed by atoms with Gasteiger partial charge in [0.1, 0.15) is 11.6 Å². The molecule has 0 atom stereocenters. The molecule has 0 fully saturated rings. The molecule has 0 bridgehead atoms. The maximum Gasteiger partial charge on any atom is 0.276 e. The van der Waals surface area contributed by atoms with Crippen LogP contribution in [0, 0.1) is 28.4 Å². The van der Waals surface area contributed by atoms with E-state index in [2.05, 4.69) is 4.98 Å². The van der Waals surface area contributed by atoms with E-state index in [1.165, 1.54) is 24.3 Å². The van der Waals surface area contributed by atoms with Crippen molar-refractivity contribution < 1.29 is 9.72 Å². The molecule has 0 unspecified atom stereocenters. The number of aryl methyl sites for hydroxylation is 1. The number of Topliss-reactive ketones (excluding diaryl/α,β-unsaturated/α-hetero) is 1. The summed E-state index contributed by atoms with van der Waals surface area (Å²) < 4.78 is 0. The molecule has 6 nitrogen and oxygen atoms in total. The summed E-state index contributed by atoms with van der Waals surface area (Å²) in [6.07, 6.45) is 2.82. The molecular weight excluding hydrogens is 318 g/mol. The average Bonchev–Trinajstić information content (AvgIpc) is 3.04. The molecule has 3 rings (SSSR count). The van der Waals surface area contributed by atoms with Gasteiger partial charge in [-0.05, 0) is 30.7 Å². The van der Waals surface area contributed by atoms with Gasteiger partial charge in [0, 0.05) is 28.7 Å². The van der Waals surface area contributed by atoms with Gasteiger partial charge in [-0.25, -0.2) is 0 Å². The fourth-order valence-corrected chi connectivity index (χ4v) is 2.77. The second-order valence-electron chi connectivity index (χ2n) is 5.51. The Morgan fingerprint density at radius 3 is 2.72 bits per heavy atom. The largest absolute Gasteiger partial charge is 0.360 e. The SMILES string of the molecule is Cc1cccc2[nH]cc(C(=O)C(C#N)=Cc3ccccc3[N+](=O)[O-])c12. The van der Waals surface area contributed by atoms with E-state index < -0.39 is 10.7 Å². The number of nitrogens with zero attached hydrogens (tertiary/aromatic N) is 2. The molecule has 122 valence electrons. The van der Waals surface area contributed by atoms with Crippen LogP contribution in [0.4, 0.5) is 5.69 Å². The number of aromatic nitrogens is 1. The minimum Gasteiger partial charge on any atom is -0.360 e. The highest BCUT2D eigenvalue weighted by atomic mass is 16.6. The summed E-state index contributed by atoms with van der Waals surface area (Å²) in [6, 6.07) is 13.5. The number of fused-ring (bicyclic) bond motifs is 1. The van der Waals surface area contributed by atoms with Crippen molar-refractivity contribution in [3.8, 4) is 6.07 Å². The van der Waals surface area contributed by atoms with E-state index in [0.29, 0.717) is 5.56 Å². The number of hydrogen-bond acceptors (Lipinski definition) is 4. The molecule has 0 saturated heterocycles. The number of carbonyl (C=O) groups is 1. The van der Waals surface area contributed by atoms with Gasteiger partial charge in [0.2, 0.25) is 5.78 Å². The predicted molar refractivity (Wildman–Crippen MR) is 94.1 cm³/mol. The second-order valence-corrected chi connectivity index (χ2v) is 5.51. The van der Waals surface area contributed by atoms with E-state index in [-0.39, 0.29) is 16.8 Å². The number of aromatic amines is 1. The third-order valence-electron chi connectivity index (χ3n) is 3.96. The standard InChI is InChI=1S/C19H13N3O3/c1-12-5-4-7-16-18(12)15(11-21-16)19(23)14(10-20)9-13-6-2-3-8-17(13)22(24)25/h2-9,11,21H,1H3. The number of carbonyl (C=O) groups excluding carboxylic acids is 1. The maximum absolute atomic E-state index is 12.8. The van der Waals surface area contributed by atoms with Gasteiger partial charge in [0.05, 0.1) is 10.5 Å². The summed E-state index contributed by atoms with van der Waals surface area (Å²) in [5.74, 6) is -0.471. The number of nitriles is 1. The van der Waals surface area contributed by atoms with E-state index in [9.17, 15) is 20.2 Å². The zero-order valence-corrected chi connectivity index (χ0v) is 13.3. The summed E-state index contributed by atoms with van der Waals surface area (Å²) in [5, 5.41) is 21.3. The normalized spacial score (nSPS) is 11.3. The number of nitro groups is 1. The fraction of sp³-hybridized carbons (Fsp3) is 0.0526. The molecule has 0 aliphatic carbocycles. The zero-order chi connectivity index (χ0) is 18.0. The van der Waals surface area contributed by atoms with Gasteiger partial charge in [-0.3, -0.25) is 14.9 Å². The topological polar surface area (TPSA) is 99.8 Å². The van der Waals surface area contributed by atoms with Gasteiger partial charge in [0.25, 0.3) is 5.69 Å². The molecule has 0 spiro atoms. The Bertz CT molecular complexity index is 1070. The third-order valence-corrected chi connectivity index (χ3v) is 3.96. The molecule has 6 heteroatoms. The highest BCUT2D eigenvalue weighted by Gasteiger charge is 2.19. The highest BCUT2D eigenvalue weighted by molar-refractivity contribution is 6.20. The van der Waals surface area contributed by atoms with E-state index in [0.717, 1.165) is 16.5 Å². The molecule has 0 aliphatic rings. The van der Waals surface area contributed by atoms with Crippen molar-refractivity contribution in [2.45, 2.75) is 6.92 Å². The van der Waals surface area contributed by atoms with Crippen molar-refractivity contribution in [3.05, 3.63) is 81.0 Å². The Labute approximate surface area is 143 Å². The Balaban J connectivity index is 2.12. The maximum atomic E-state index is 12.8. The molecular formula is C19H13N3O3. The van der Waals surface area contributed by atoms with Gasteiger partial charge in [0.15, 0.2) is 0 Å². The van der Waals surface area contributed by atoms with Gasteiger partial charge in [-0.2, -0.15) is 5.26 Å². The van der Waals surface area contributed by atoms with Gasteiger partial charge in [-0.1, -0.05) is 24.3 Å². The molecule has 2 aromatic carbocycles. The van der Waals surface area contributed by atoms with E-state index in [1.54, 1.807) is 12.3 Å². The first-order chi connectivity index (χ1) is 12.0. The molecule has 0 amide bonds. The summed E-state index contributed by atoms with van der Waals surface area (Å²) in [4.78, 5) is 26.4. The van der Waals surface area contributed by atoms with Crippen molar-refractivity contribution in [2.24, 2.45) is 0 Å². The number of ketones is 1. The average molecular weight is 331 g/mol. The fourth-order valence-electron chi connectivity index (χ4n) is 2.77. The van der Waals surface area contributed by atoms with E-state index in [1.807, 2.05) is 31.2 Å². The van der Waals surface area contributed by atoms with Crippen molar-refractivity contribution >= 4 is 28.4 Å². The van der Waals surface area contributed by atoms with Crippen LogP contribution in [0.2, 0.25) is 0 Å². The second kappa shape index (κ2) is 6.42. The van der Waals surface area contributed by atoms with Gasteiger partial charge in [-0.15, -0.1) is 0 Å². The summed E-state index contributed by atoms with van der Waals surface area (Å²) in [7, 11) is 0. The Hall–Kier alpha value is -3.72. The van der Waals surface area contributed by atoms with Crippen LogP contribution in [-0.4, -0.2) is 15.7 Å². The van der Waals surface area contributed by atoms with Crippen LogP contribution >= 0.6 is 0 Å². The van der Waals surface area contributed by atoms with Crippen molar-refractivity contribution in [1.82, 2.24) is 4.98 Å². The summed E-state index contributed by atoms with van der Waals surface area (Å²) >= 11 is 0. The molecule has 0 radical (unpaired) electrons. The molecule has 25 heavy (non-hydrogen) atoms. The lowest BCUT2D eigenvalue weighted by Gasteiger charge is -2.02. The molecule has 1 heterocycles. The molecule has 0 aliphatic heterocycles. The minimum absolute atomic E-state index is 0.154. The number of allylic oxidation sites excluding steroid dienone is 1. The van der Waals surface area contributed by atoms with Crippen LogP contribution in [-0.2, 0) is 0 Å². The van der Waals surface area contributed by atoms with Crippen LogP contribution < -0.4 is 0 Å². The van der Waals surface area contributed by atoms with Crippen LogP contribution in [0.1, 0.15) is 21.5 Å². The van der Waals surface area contributed by atoms with E-state index in [4.69, 9.17) is 0 Å². The molecule has 1 N–H and O–H groups in total. The van der Waals surface area contributed by atoms with Crippen LogP contribution in [0.15, 0.2) is 54.2 Å². The number of hydrogen-bond donors (Lipinski definition) is 1. The smallest absolute Gasteiger partial charge is 0.276 e. The number of rotatable bonds is 4. The quantitative estimate of drug-likeness (QED) is 0.255. The first-order valence-electron chi connectivity index (χ1n) is 7.49. The first-order valence-corrected chi connectivity index (χ1v) is 7.49. The minimum atomic E-state index is -0.541.